The summed E-state index contributed by atoms with van der Waals surface area (Å²) in [6.07, 6.45) is -0.744. The first-order valence-corrected chi connectivity index (χ1v) is 7.46. The van der Waals surface area contributed by atoms with Crippen molar-refractivity contribution in [2.45, 2.75) is 26.0 Å². The van der Waals surface area contributed by atoms with Gasteiger partial charge >= 0.3 is 0 Å². The second-order valence-electron chi connectivity index (χ2n) is 5.34. The molecule has 0 spiro atoms. The maximum atomic E-state index is 13.3. The molecule has 0 fully saturated rings. The lowest BCUT2D eigenvalue weighted by molar-refractivity contribution is -0.127. The van der Waals surface area contributed by atoms with Crippen molar-refractivity contribution in [3.63, 3.8) is 0 Å². The third-order valence-electron chi connectivity index (χ3n) is 3.54. The molecule has 6 heteroatoms. The van der Waals surface area contributed by atoms with Crippen LogP contribution in [0, 0.1) is 11.6 Å². The summed E-state index contributed by atoms with van der Waals surface area (Å²) in [6.45, 7) is 3.29. The van der Waals surface area contributed by atoms with Crippen LogP contribution in [0.1, 0.15) is 25.5 Å². The molecule has 2 unspecified atom stereocenters. The molecule has 2 aromatic rings. The number of rotatable bonds is 6. The molecule has 1 amide bonds. The predicted molar refractivity (Wildman–Crippen MR) is 86.0 cm³/mol. The quantitative estimate of drug-likeness (QED) is 0.877. The Morgan fingerprint density at radius 2 is 1.62 bits per heavy atom. The minimum absolute atomic E-state index is 0.358. The standard InChI is InChI=1S/C18H19F2NO3/c1-11(13-4-9-16(19)17(20)10-13)21-18(22)12(2)24-15-7-5-14(23-3)6-8-15/h4-12H,1-3H3,(H,21,22). The number of hydrogen-bond acceptors (Lipinski definition) is 3. The number of ether oxygens (including phenoxy) is 2. The molecule has 0 aromatic heterocycles. The van der Waals surface area contributed by atoms with Gasteiger partial charge in [-0.3, -0.25) is 4.79 Å². The highest BCUT2D eigenvalue weighted by Gasteiger charge is 2.18. The normalized spacial score (nSPS) is 13.0. The number of nitrogens with one attached hydrogen (secondary N) is 1. The predicted octanol–water partition coefficient (Wildman–Crippen LogP) is 3.62. The Morgan fingerprint density at radius 1 is 1.00 bits per heavy atom. The summed E-state index contributed by atoms with van der Waals surface area (Å²) in [5, 5.41) is 2.71. The van der Waals surface area contributed by atoms with Crippen molar-refractivity contribution in [3.05, 3.63) is 59.7 Å². The Labute approximate surface area is 139 Å². The molecule has 0 aliphatic heterocycles. The van der Waals surface area contributed by atoms with Gasteiger partial charge in [-0.1, -0.05) is 6.07 Å². The van der Waals surface area contributed by atoms with Gasteiger partial charge < -0.3 is 14.8 Å². The highest BCUT2D eigenvalue weighted by Crippen LogP contribution is 2.19. The minimum Gasteiger partial charge on any atom is -0.497 e. The number of carbonyl (C=O) groups is 1. The van der Waals surface area contributed by atoms with E-state index < -0.39 is 23.8 Å². The lowest BCUT2D eigenvalue weighted by Crippen LogP contribution is -2.37. The van der Waals surface area contributed by atoms with Gasteiger partial charge in [-0.15, -0.1) is 0 Å². The van der Waals surface area contributed by atoms with Crippen molar-refractivity contribution < 1.29 is 23.0 Å². The Hall–Kier alpha value is -2.63. The molecule has 4 nitrogen and oxygen atoms in total. The molecular weight excluding hydrogens is 316 g/mol. The average Bonchev–Trinajstić information content (AvgIpc) is 2.57. The van der Waals surface area contributed by atoms with E-state index in [0.29, 0.717) is 17.1 Å². The van der Waals surface area contributed by atoms with Gasteiger partial charge in [-0.05, 0) is 55.8 Å². The van der Waals surface area contributed by atoms with Gasteiger partial charge in [0.2, 0.25) is 0 Å². The summed E-state index contributed by atoms with van der Waals surface area (Å²) >= 11 is 0. The van der Waals surface area contributed by atoms with Gasteiger partial charge in [0.05, 0.1) is 13.2 Å². The van der Waals surface area contributed by atoms with Crippen LogP contribution in [0.25, 0.3) is 0 Å². The first-order chi connectivity index (χ1) is 11.4. The molecule has 0 saturated heterocycles. The fraction of sp³-hybridized carbons (Fsp3) is 0.278. The molecule has 2 atom stereocenters. The van der Waals surface area contributed by atoms with Crippen molar-refractivity contribution >= 4 is 5.91 Å². The number of halogens is 2. The third kappa shape index (κ3) is 4.44. The number of benzene rings is 2. The first-order valence-electron chi connectivity index (χ1n) is 7.46. The van der Waals surface area contributed by atoms with Crippen molar-refractivity contribution in [2.24, 2.45) is 0 Å². The van der Waals surface area contributed by atoms with Gasteiger partial charge in [0.25, 0.3) is 5.91 Å². The fourth-order valence-corrected chi connectivity index (χ4v) is 2.11. The van der Waals surface area contributed by atoms with Crippen LogP contribution in [0.4, 0.5) is 8.78 Å². The molecule has 0 radical (unpaired) electrons. The van der Waals surface area contributed by atoms with Gasteiger partial charge in [-0.2, -0.15) is 0 Å². The summed E-state index contributed by atoms with van der Waals surface area (Å²) in [6, 6.07) is 9.89. The fourth-order valence-electron chi connectivity index (χ4n) is 2.11. The minimum atomic E-state index is -0.948. The Balaban J connectivity index is 1.95. The second-order valence-corrected chi connectivity index (χ2v) is 5.34. The zero-order valence-corrected chi connectivity index (χ0v) is 13.7. The number of carbonyl (C=O) groups excluding carboxylic acids is 1. The Kier molecular flexibility index (Phi) is 5.73. The molecule has 2 rings (SSSR count). The maximum absolute atomic E-state index is 13.3. The molecule has 0 bridgehead atoms. The van der Waals surface area contributed by atoms with Crippen molar-refractivity contribution in [1.82, 2.24) is 5.32 Å². The van der Waals surface area contributed by atoms with Gasteiger partial charge in [0.1, 0.15) is 11.5 Å². The Bertz CT molecular complexity index is 704. The topological polar surface area (TPSA) is 47.6 Å². The van der Waals surface area contributed by atoms with Crippen LogP contribution in [-0.4, -0.2) is 19.1 Å². The van der Waals surface area contributed by atoms with Gasteiger partial charge in [0, 0.05) is 0 Å². The first kappa shape index (κ1) is 17.7. The van der Waals surface area contributed by atoms with E-state index in [9.17, 15) is 13.6 Å². The van der Waals surface area contributed by atoms with E-state index in [-0.39, 0.29) is 5.91 Å². The summed E-state index contributed by atoms with van der Waals surface area (Å²) < 4.78 is 36.8. The van der Waals surface area contributed by atoms with E-state index in [1.165, 1.54) is 6.07 Å². The third-order valence-corrected chi connectivity index (χ3v) is 3.54. The molecule has 24 heavy (non-hydrogen) atoms. The van der Waals surface area contributed by atoms with Crippen LogP contribution in [0.5, 0.6) is 11.5 Å². The van der Waals surface area contributed by atoms with Crippen LogP contribution in [0.15, 0.2) is 42.5 Å². The molecule has 1 N–H and O–H groups in total. The largest absolute Gasteiger partial charge is 0.497 e. The molecule has 0 aliphatic carbocycles. The van der Waals surface area contributed by atoms with E-state index in [4.69, 9.17) is 9.47 Å². The van der Waals surface area contributed by atoms with Crippen LogP contribution in [0.3, 0.4) is 0 Å². The molecule has 0 heterocycles. The average molecular weight is 335 g/mol. The van der Waals surface area contributed by atoms with E-state index >= 15 is 0 Å². The van der Waals surface area contributed by atoms with Crippen molar-refractivity contribution in [1.29, 1.82) is 0 Å². The van der Waals surface area contributed by atoms with Crippen LogP contribution in [-0.2, 0) is 4.79 Å². The summed E-state index contributed by atoms with van der Waals surface area (Å²) in [5.41, 5.74) is 0.471. The Morgan fingerprint density at radius 3 is 2.21 bits per heavy atom. The lowest BCUT2D eigenvalue weighted by atomic mass is 10.1. The van der Waals surface area contributed by atoms with Gasteiger partial charge in [-0.25, -0.2) is 8.78 Å². The van der Waals surface area contributed by atoms with E-state index in [1.54, 1.807) is 45.2 Å². The smallest absolute Gasteiger partial charge is 0.261 e. The zero-order valence-electron chi connectivity index (χ0n) is 13.7. The maximum Gasteiger partial charge on any atom is 0.261 e. The van der Waals surface area contributed by atoms with Crippen LogP contribution < -0.4 is 14.8 Å². The van der Waals surface area contributed by atoms with Gasteiger partial charge in [0.15, 0.2) is 17.7 Å². The monoisotopic (exact) mass is 335 g/mol. The van der Waals surface area contributed by atoms with Crippen molar-refractivity contribution in [2.75, 3.05) is 7.11 Å². The number of methoxy groups -OCH3 is 1. The van der Waals surface area contributed by atoms with E-state index in [1.807, 2.05) is 0 Å². The number of amides is 1. The summed E-state index contributed by atoms with van der Waals surface area (Å²) in [7, 11) is 1.56. The zero-order chi connectivity index (χ0) is 17.7. The van der Waals surface area contributed by atoms with E-state index in [2.05, 4.69) is 5.32 Å². The molecule has 0 saturated carbocycles. The van der Waals surface area contributed by atoms with Crippen LogP contribution in [0.2, 0.25) is 0 Å². The highest BCUT2D eigenvalue weighted by atomic mass is 19.2. The lowest BCUT2D eigenvalue weighted by Gasteiger charge is -2.19. The van der Waals surface area contributed by atoms with Crippen molar-refractivity contribution in [3.8, 4) is 11.5 Å². The van der Waals surface area contributed by atoms with E-state index in [0.717, 1.165) is 12.1 Å². The molecule has 0 aliphatic rings. The SMILES string of the molecule is COc1ccc(OC(C)C(=O)NC(C)c2ccc(F)c(F)c2)cc1. The summed E-state index contributed by atoms with van der Waals surface area (Å²) in [5.74, 6) is -1.02. The second kappa shape index (κ2) is 7.77. The molecule has 128 valence electrons. The number of hydrogen-bond donors (Lipinski definition) is 1. The van der Waals surface area contributed by atoms with Crippen LogP contribution >= 0.6 is 0 Å². The molecular formula is C18H19F2NO3. The highest BCUT2D eigenvalue weighted by molar-refractivity contribution is 5.81. The molecule has 2 aromatic carbocycles. The summed E-state index contributed by atoms with van der Waals surface area (Å²) in [4.78, 5) is 12.2.